The molecule has 0 bridgehead atoms. The Morgan fingerprint density at radius 2 is 2.24 bits per heavy atom. The van der Waals surface area contributed by atoms with Gasteiger partial charge < -0.3 is 5.32 Å². The lowest BCUT2D eigenvalue weighted by Crippen LogP contribution is -2.23. The van der Waals surface area contributed by atoms with Crippen molar-refractivity contribution in [1.29, 1.82) is 0 Å². The molecule has 2 rings (SSSR count). The maximum Gasteiger partial charge on any atom is 0.0794 e. The number of hydrogen-bond donors (Lipinski definition) is 1. The third-order valence-electron chi connectivity index (χ3n) is 2.72. The first kappa shape index (κ1) is 12.2. The number of rotatable bonds is 5. The van der Waals surface area contributed by atoms with E-state index in [1.165, 1.54) is 16.0 Å². The van der Waals surface area contributed by atoms with Crippen molar-refractivity contribution in [2.24, 2.45) is 0 Å². The first-order valence-corrected chi connectivity index (χ1v) is 6.73. The summed E-state index contributed by atoms with van der Waals surface area (Å²) in [7, 11) is 0. The summed E-state index contributed by atoms with van der Waals surface area (Å²) in [6.45, 7) is 5.29. The van der Waals surface area contributed by atoms with Gasteiger partial charge in [-0.1, -0.05) is 6.92 Å². The van der Waals surface area contributed by atoms with Crippen LogP contribution in [0.15, 0.2) is 30.2 Å². The van der Waals surface area contributed by atoms with Crippen LogP contribution in [0.2, 0.25) is 0 Å². The lowest BCUT2D eigenvalue weighted by atomic mass is 10.0. The Morgan fingerprint density at radius 3 is 2.88 bits per heavy atom. The minimum absolute atomic E-state index is 0.219. The van der Waals surface area contributed by atoms with Gasteiger partial charge in [0.2, 0.25) is 0 Å². The normalized spacial score (nSPS) is 12.6. The molecule has 0 aromatic carbocycles. The number of pyridine rings is 1. The maximum absolute atomic E-state index is 4.23. The van der Waals surface area contributed by atoms with E-state index in [-0.39, 0.29) is 6.04 Å². The molecule has 0 spiro atoms. The van der Waals surface area contributed by atoms with E-state index in [1.54, 1.807) is 11.3 Å². The second-order valence-electron chi connectivity index (χ2n) is 4.02. The van der Waals surface area contributed by atoms with Gasteiger partial charge in [-0.25, -0.2) is 0 Å². The third-order valence-corrected chi connectivity index (χ3v) is 3.57. The molecule has 0 saturated heterocycles. The van der Waals surface area contributed by atoms with Crippen molar-refractivity contribution >= 4 is 11.3 Å². The molecule has 1 atom stereocenters. The summed E-state index contributed by atoms with van der Waals surface area (Å²) in [5.74, 6) is 0. The lowest BCUT2D eigenvalue weighted by Gasteiger charge is -2.18. The van der Waals surface area contributed by atoms with E-state index in [2.05, 4.69) is 35.2 Å². The second kappa shape index (κ2) is 5.89. The number of nitrogens with one attached hydrogen (secondary N) is 1. The zero-order valence-electron chi connectivity index (χ0n) is 10.2. The molecule has 0 radical (unpaired) electrons. The van der Waals surface area contributed by atoms with Gasteiger partial charge in [0.1, 0.15) is 0 Å². The van der Waals surface area contributed by atoms with Crippen molar-refractivity contribution in [2.45, 2.75) is 26.3 Å². The van der Waals surface area contributed by atoms with Crippen LogP contribution in [-0.2, 0) is 0 Å². The predicted octanol–water partition coefficient (Wildman–Crippen LogP) is 2.94. The smallest absolute Gasteiger partial charge is 0.0794 e. The van der Waals surface area contributed by atoms with Crippen LogP contribution in [0.3, 0.4) is 0 Å². The minimum atomic E-state index is 0.219. The van der Waals surface area contributed by atoms with Gasteiger partial charge in [0.15, 0.2) is 0 Å². The lowest BCUT2D eigenvalue weighted by molar-refractivity contribution is 0.601. The Morgan fingerprint density at radius 1 is 1.35 bits per heavy atom. The molecule has 0 saturated carbocycles. The van der Waals surface area contributed by atoms with Crippen molar-refractivity contribution in [1.82, 2.24) is 15.3 Å². The Hall–Kier alpha value is -1.26. The molecule has 0 aliphatic rings. The predicted molar refractivity (Wildman–Crippen MR) is 71.2 cm³/mol. The first-order chi connectivity index (χ1) is 8.33. The Balaban J connectivity index is 2.30. The molecule has 1 N–H and O–H groups in total. The zero-order chi connectivity index (χ0) is 12.1. The standard InChI is InChI=1S/C13H17N3S/c1-3-5-16-13(12-8-15-9-17-12)11-7-14-6-4-10(11)2/h4,6-9,13,16H,3,5H2,1-2H3. The summed E-state index contributed by atoms with van der Waals surface area (Å²) >= 11 is 1.68. The van der Waals surface area contributed by atoms with Gasteiger partial charge in [-0.2, -0.15) is 0 Å². The highest BCUT2D eigenvalue weighted by atomic mass is 32.1. The van der Waals surface area contributed by atoms with Gasteiger partial charge in [-0.3, -0.25) is 9.97 Å². The van der Waals surface area contributed by atoms with Crippen molar-refractivity contribution in [2.75, 3.05) is 6.54 Å². The van der Waals surface area contributed by atoms with E-state index in [0.29, 0.717) is 0 Å². The molecule has 0 aliphatic heterocycles. The summed E-state index contributed by atoms with van der Waals surface area (Å²) in [4.78, 5) is 9.64. The molecular weight excluding hydrogens is 230 g/mol. The SMILES string of the molecule is CCCNC(c1cncs1)c1cnccc1C. The summed E-state index contributed by atoms with van der Waals surface area (Å²) in [6, 6.07) is 2.27. The molecule has 90 valence electrons. The van der Waals surface area contributed by atoms with Crippen molar-refractivity contribution in [3.63, 3.8) is 0 Å². The van der Waals surface area contributed by atoms with E-state index in [4.69, 9.17) is 0 Å². The van der Waals surface area contributed by atoms with Gasteiger partial charge in [0, 0.05) is 23.5 Å². The Labute approximate surface area is 106 Å². The van der Waals surface area contributed by atoms with E-state index in [9.17, 15) is 0 Å². The molecule has 4 heteroatoms. The average molecular weight is 247 g/mol. The number of aromatic nitrogens is 2. The fraction of sp³-hybridized carbons (Fsp3) is 0.385. The van der Waals surface area contributed by atoms with E-state index < -0.39 is 0 Å². The second-order valence-corrected chi connectivity index (χ2v) is 4.94. The van der Waals surface area contributed by atoms with Crippen LogP contribution in [0, 0.1) is 6.92 Å². The van der Waals surface area contributed by atoms with Crippen LogP contribution in [0.5, 0.6) is 0 Å². The average Bonchev–Trinajstić information content (AvgIpc) is 2.85. The maximum atomic E-state index is 4.23. The highest BCUT2D eigenvalue weighted by Gasteiger charge is 2.16. The molecule has 2 aromatic rings. The molecule has 17 heavy (non-hydrogen) atoms. The van der Waals surface area contributed by atoms with E-state index in [0.717, 1.165) is 13.0 Å². The van der Waals surface area contributed by atoms with Crippen molar-refractivity contribution < 1.29 is 0 Å². The van der Waals surface area contributed by atoms with Crippen LogP contribution in [0.25, 0.3) is 0 Å². The summed E-state index contributed by atoms with van der Waals surface area (Å²) in [6.07, 6.45) is 6.84. The monoisotopic (exact) mass is 247 g/mol. The Kier molecular flexibility index (Phi) is 4.23. The Bertz CT molecular complexity index is 453. The number of aryl methyl sites for hydroxylation is 1. The van der Waals surface area contributed by atoms with Crippen LogP contribution in [0.4, 0.5) is 0 Å². The molecule has 0 aliphatic carbocycles. The van der Waals surface area contributed by atoms with Crippen molar-refractivity contribution in [3.05, 3.63) is 46.2 Å². The number of nitrogens with zero attached hydrogens (tertiary/aromatic N) is 2. The molecule has 0 fully saturated rings. The number of hydrogen-bond acceptors (Lipinski definition) is 4. The van der Waals surface area contributed by atoms with Gasteiger partial charge in [0.25, 0.3) is 0 Å². The quantitative estimate of drug-likeness (QED) is 0.882. The molecule has 3 nitrogen and oxygen atoms in total. The highest BCUT2D eigenvalue weighted by molar-refractivity contribution is 7.09. The third kappa shape index (κ3) is 2.90. The summed E-state index contributed by atoms with van der Waals surface area (Å²) < 4.78 is 0. The van der Waals surface area contributed by atoms with Crippen LogP contribution in [0.1, 0.15) is 35.4 Å². The van der Waals surface area contributed by atoms with Crippen LogP contribution < -0.4 is 5.32 Å². The fourth-order valence-electron chi connectivity index (χ4n) is 1.80. The largest absolute Gasteiger partial charge is 0.305 e. The highest BCUT2D eigenvalue weighted by Crippen LogP contribution is 2.26. The van der Waals surface area contributed by atoms with Crippen molar-refractivity contribution in [3.8, 4) is 0 Å². The molecule has 0 amide bonds. The molecule has 2 heterocycles. The van der Waals surface area contributed by atoms with Gasteiger partial charge >= 0.3 is 0 Å². The van der Waals surface area contributed by atoms with Gasteiger partial charge in [-0.05, 0) is 37.1 Å². The summed E-state index contributed by atoms with van der Waals surface area (Å²) in [5.41, 5.74) is 4.38. The van der Waals surface area contributed by atoms with Gasteiger partial charge in [0.05, 0.1) is 11.6 Å². The van der Waals surface area contributed by atoms with E-state index in [1.807, 2.05) is 24.1 Å². The molecular formula is C13H17N3S. The van der Waals surface area contributed by atoms with E-state index >= 15 is 0 Å². The van der Waals surface area contributed by atoms with Crippen LogP contribution >= 0.6 is 11.3 Å². The molecule has 1 unspecified atom stereocenters. The summed E-state index contributed by atoms with van der Waals surface area (Å²) in [5, 5.41) is 3.56. The molecule has 2 aromatic heterocycles. The van der Waals surface area contributed by atoms with Gasteiger partial charge in [-0.15, -0.1) is 11.3 Å². The first-order valence-electron chi connectivity index (χ1n) is 5.85. The fourth-order valence-corrected chi connectivity index (χ4v) is 2.51. The minimum Gasteiger partial charge on any atom is -0.305 e. The number of thiazole rings is 1. The van der Waals surface area contributed by atoms with Crippen LogP contribution in [-0.4, -0.2) is 16.5 Å². The zero-order valence-corrected chi connectivity index (χ0v) is 11.0. The topological polar surface area (TPSA) is 37.8 Å².